The second-order valence-electron chi connectivity index (χ2n) is 3.70. The molecule has 0 bridgehead atoms. The number of hydrogen-bond donors (Lipinski definition) is 3. The lowest BCUT2D eigenvalue weighted by atomic mass is 10.2. The topological polar surface area (TPSA) is 104 Å². The van der Waals surface area contributed by atoms with Crippen molar-refractivity contribution in [2.75, 3.05) is 18.1 Å². The van der Waals surface area contributed by atoms with Gasteiger partial charge in [0.05, 0.1) is 17.6 Å². The Hall–Kier alpha value is -0.660. The summed E-state index contributed by atoms with van der Waals surface area (Å²) in [5.41, 5.74) is 0. The van der Waals surface area contributed by atoms with Crippen LogP contribution in [0.3, 0.4) is 0 Å². The number of aliphatic carboxylic acids is 1. The molecule has 3 N–H and O–H groups in total. The first-order chi connectivity index (χ1) is 6.91. The minimum absolute atomic E-state index is 0.0442. The first kappa shape index (κ1) is 12.4. The van der Waals surface area contributed by atoms with Gasteiger partial charge in [0, 0.05) is 12.5 Å². The summed E-state index contributed by atoms with van der Waals surface area (Å²) < 4.78 is 22.2. The smallest absolute Gasteiger partial charge is 0.303 e. The zero-order valence-corrected chi connectivity index (χ0v) is 9.03. The Labute approximate surface area is 88.2 Å². The van der Waals surface area contributed by atoms with Gasteiger partial charge in [-0.2, -0.15) is 0 Å². The van der Waals surface area contributed by atoms with E-state index in [0.717, 1.165) is 0 Å². The first-order valence-electron chi connectivity index (χ1n) is 4.74. The molecule has 0 aliphatic carbocycles. The average molecular weight is 237 g/mol. The molecule has 88 valence electrons. The quantitative estimate of drug-likeness (QED) is 0.508. The summed E-state index contributed by atoms with van der Waals surface area (Å²) in [6.07, 6.45) is -0.402. The van der Waals surface area contributed by atoms with E-state index in [1.165, 1.54) is 0 Å². The zero-order chi connectivity index (χ0) is 11.5. The Bertz CT molecular complexity index is 326. The highest BCUT2D eigenvalue weighted by atomic mass is 32.2. The van der Waals surface area contributed by atoms with E-state index in [1.54, 1.807) is 0 Å². The van der Waals surface area contributed by atoms with Crippen LogP contribution in [0.15, 0.2) is 0 Å². The van der Waals surface area contributed by atoms with Crippen molar-refractivity contribution in [1.82, 2.24) is 5.32 Å². The van der Waals surface area contributed by atoms with Gasteiger partial charge in [-0.05, 0) is 13.0 Å². The lowest BCUT2D eigenvalue weighted by molar-refractivity contribution is -0.137. The van der Waals surface area contributed by atoms with Gasteiger partial charge in [0.2, 0.25) is 0 Å². The molecule has 1 saturated heterocycles. The molecule has 0 saturated carbocycles. The maximum Gasteiger partial charge on any atom is 0.303 e. The lowest BCUT2D eigenvalue weighted by Gasteiger charge is -2.13. The van der Waals surface area contributed by atoms with Crippen LogP contribution in [0.2, 0.25) is 0 Å². The molecule has 0 aromatic heterocycles. The van der Waals surface area contributed by atoms with Gasteiger partial charge < -0.3 is 15.5 Å². The highest BCUT2D eigenvalue weighted by Gasteiger charge is 2.35. The molecule has 0 aromatic carbocycles. The van der Waals surface area contributed by atoms with Crippen molar-refractivity contribution in [1.29, 1.82) is 0 Å². The summed E-state index contributed by atoms with van der Waals surface area (Å²) in [5, 5.41) is 20.6. The molecule has 15 heavy (non-hydrogen) atoms. The zero-order valence-electron chi connectivity index (χ0n) is 8.22. The van der Waals surface area contributed by atoms with Gasteiger partial charge in [0.25, 0.3) is 0 Å². The van der Waals surface area contributed by atoms with E-state index in [4.69, 9.17) is 5.11 Å². The molecular formula is C8H15NO5S. The van der Waals surface area contributed by atoms with Gasteiger partial charge in [0.15, 0.2) is 9.84 Å². The van der Waals surface area contributed by atoms with Gasteiger partial charge in [-0.15, -0.1) is 0 Å². The highest BCUT2D eigenvalue weighted by molar-refractivity contribution is 7.91. The molecule has 1 aliphatic rings. The van der Waals surface area contributed by atoms with Crippen LogP contribution in [0.4, 0.5) is 0 Å². The second kappa shape index (κ2) is 4.91. The molecule has 0 radical (unpaired) electrons. The summed E-state index contributed by atoms with van der Waals surface area (Å²) >= 11 is 0. The van der Waals surface area contributed by atoms with Gasteiger partial charge in [-0.25, -0.2) is 8.42 Å². The van der Waals surface area contributed by atoms with Crippen molar-refractivity contribution < 1.29 is 23.4 Å². The molecule has 2 atom stereocenters. The Balaban J connectivity index is 2.25. The van der Waals surface area contributed by atoms with E-state index in [9.17, 15) is 18.3 Å². The van der Waals surface area contributed by atoms with E-state index in [-0.39, 0.29) is 17.9 Å². The number of carboxylic acid groups (broad SMARTS) is 1. The number of nitrogens with one attached hydrogen (secondary N) is 1. The summed E-state index contributed by atoms with van der Waals surface area (Å²) in [6.45, 7) is 0.406. The molecule has 0 aromatic rings. The minimum atomic E-state index is -3.13. The summed E-state index contributed by atoms with van der Waals surface area (Å²) in [4.78, 5) is 10.2. The monoisotopic (exact) mass is 237 g/mol. The normalized spacial score (nSPS) is 29.1. The van der Waals surface area contributed by atoms with E-state index in [2.05, 4.69) is 5.32 Å². The molecule has 6 nitrogen and oxygen atoms in total. The van der Waals surface area contributed by atoms with E-state index < -0.39 is 28.0 Å². The molecule has 1 aliphatic heterocycles. The summed E-state index contributed by atoms with van der Waals surface area (Å²) in [6, 6.07) is -0.455. The van der Waals surface area contributed by atoms with Gasteiger partial charge in [-0.1, -0.05) is 0 Å². The van der Waals surface area contributed by atoms with Crippen LogP contribution in [0.5, 0.6) is 0 Å². The molecule has 7 heteroatoms. The molecule has 1 rings (SSSR count). The number of aliphatic hydroxyl groups excluding tert-OH is 1. The predicted molar refractivity (Wildman–Crippen MR) is 53.3 cm³/mol. The van der Waals surface area contributed by atoms with Gasteiger partial charge >= 0.3 is 5.97 Å². The van der Waals surface area contributed by atoms with Crippen molar-refractivity contribution in [3.63, 3.8) is 0 Å². The maximum absolute atomic E-state index is 11.1. The third-order valence-corrected chi connectivity index (χ3v) is 4.01. The minimum Gasteiger partial charge on any atom is -0.481 e. The van der Waals surface area contributed by atoms with Crippen LogP contribution in [0, 0.1) is 0 Å². The number of aliphatic hydroxyl groups is 1. The van der Waals surface area contributed by atoms with E-state index in [0.29, 0.717) is 13.0 Å². The average Bonchev–Trinajstić information content (AvgIpc) is 2.33. The lowest BCUT2D eigenvalue weighted by Crippen LogP contribution is -2.39. The third-order valence-electron chi connectivity index (χ3n) is 2.30. The third kappa shape index (κ3) is 4.15. The van der Waals surface area contributed by atoms with Crippen molar-refractivity contribution in [3.05, 3.63) is 0 Å². The number of rotatable bonds is 5. The summed E-state index contributed by atoms with van der Waals surface area (Å²) in [5.74, 6) is -1.15. The number of sulfone groups is 1. The van der Waals surface area contributed by atoms with Crippen LogP contribution in [-0.2, 0) is 14.6 Å². The van der Waals surface area contributed by atoms with Crippen molar-refractivity contribution in [2.24, 2.45) is 0 Å². The first-order valence-corrected chi connectivity index (χ1v) is 6.56. The van der Waals surface area contributed by atoms with Crippen molar-refractivity contribution in [3.8, 4) is 0 Å². The van der Waals surface area contributed by atoms with Crippen LogP contribution >= 0.6 is 0 Å². The van der Waals surface area contributed by atoms with Crippen molar-refractivity contribution >= 4 is 15.8 Å². The largest absolute Gasteiger partial charge is 0.481 e. The maximum atomic E-state index is 11.1. The van der Waals surface area contributed by atoms with Gasteiger partial charge in [-0.3, -0.25) is 4.79 Å². The highest BCUT2D eigenvalue weighted by Crippen LogP contribution is 2.12. The van der Waals surface area contributed by atoms with Crippen LogP contribution in [0.25, 0.3) is 0 Å². The molecule has 2 unspecified atom stereocenters. The fourth-order valence-corrected chi connectivity index (χ4v) is 3.33. The standard InChI is InChI=1S/C8H15NO5S/c10-7-5-15(13,14)4-6(7)9-3-1-2-8(11)12/h6-7,9-10H,1-5H2,(H,11,12). The molecule has 0 spiro atoms. The number of hydrogen-bond acceptors (Lipinski definition) is 5. The van der Waals surface area contributed by atoms with E-state index >= 15 is 0 Å². The predicted octanol–water partition coefficient (Wildman–Crippen LogP) is -1.40. The molecule has 1 fully saturated rings. The molecule has 0 amide bonds. The SMILES string of the molecule is O=C(O)CCCNC1CS(=O)(=O)CC1O. The molecule has 1 heterocycles. The summed E-state index contributed by atoms with van der Waals surface area (Å²) in [7, 11) is -3.13. The fourth-order valence-electron chi connectivity index (χ4n) is 1.55. The Morgan fingerprint density at radius 3 is 2.53 bits per heavy atom. The number of carboxylic acids is 1. The van der Waals surface area contributed by atoms with Crippen LogP contribution < -0.4 is 5.32 Å². The Morgan fingerprint density at radius 1 is 1.40 bits per heavy atom. The van der Waals surface area contributed by atoms with Crippen LogP contribution in [0.1, 0.15) is 12.8 Å². The van der Waals surface area contributed by atoms with Gasteiger partial charge in [0.1, 0.15) is 0 Å². The Kier molecular flexibility index (Phi) is 4.06. The number of carbonyl (C=O) groups is 1. The van der Waals surface area contributed by atoms with Crippen molar-refractivity contribution in [2.45, 2.75) is 25.0 Å². The second-order valence-corrected chi connectivity index (χ2v) is 5.86. The van der Waals surface area contributed by atoms with Crippen LogP contribution in [-0.4, -0.2) is 54.8 Å². The van der Waals surface area contributed by atoms with E-state index in [1.807, 2.05) is 0 Å². The fraction of sp³-hybridized carbons (Fsp3) is 0.875. The Morgan fingerprint density at radius 2 is 2.07 bits per heavy atom. The molecular weight excluding hydrogens is 222 g/mol.